The molecule has 2 N–H and O–H groups in total. The normalized spacial score (nSPS) is 13.1. The van der Waals surface area contributed by atoms with Crippen LogP contribution in [0.3, 0.4) is 0 Å². The summed E-state index contributed by atoms with van der Waals surface area (Å²) in [5.74, 6) is 0. The molecule has 3 nitrogen and oxygen atoms in total. The molecule has 1 aromatic carbocycles. The van der Waals surface area contributed by atoms with Gasteiger partial charge in [0.2, 0.25) is 0 Å². The molecule has 0 aliphatic rings. The summed E-state index contributed by atoms with van der Waals surface area (Å²) < 4.78 is 45.2. The summed E-state index contributed by atoms with van der Waals surface area (Å²) in [5.41, 5.74) is 5.67. The van der Waals surface area contributed by atoms with Crippen molar-refractivity contribution in [3.8, 4) is 0 Å². The minimum atomic E-state index is -4.39. The minimum absolute atomic E-state index is 0.122. The molecule has 0 saturated carbocycles. The van der Waals surface area contributed by atoms with Crippen LogP contribution in [-0.2, 0) is 17.1 Å². The Bertz CT molecular complexity index is 519. The molecule has 0 heterocycles. The number of hydrogen-bond acceptors (Lipinski definition) is 3. The Hall–Kier alpha value is -1.05. The van der Waals surface area contributed by atoms with Gasteiger partial charge in [-0.05, 0) is 43.4 Å². The highest BCUT2D eigenvalue weighted by Gasteiger charge is 2.33. The molecular formula is C16H27F3N2OSi. The smallest absolute Gasteiger partial charge is 0.416 e. The summed E-state index contributed by atoms with van der Waals surface area (Å²) >= 11 is 0. The van der Waals surface area contributed by atoms with Gasteiger partial charge in [0.05, 0.1) is 5.56 Å². The van der Waals surface area contributed by atoms with E-state index in [0.717, 1.165) is 6.07 Å². The summed E-state index contributed by atoms with van der Waals surface area (Å²) in [4.78, 5) is 1.84. The minimum Gasteiger partial charge on any atom is -0.416 e. The topological polar surface area (TPSA) is 38.5 Å². The number of halogens is 3. The summed E-state index contributed by atoms with van der Waals surface area (Å²) in [6.45, 7) is 9.91. The van der Waals surface area contributed by atoms with Crippen molar-refractivity contribution in [1.82, 2.24) is 4.90 Å². The highest BCUT2D eigenvalue weighted by atomic mass is 28.4. The van der Waals surface area contributed by atoms with Gasteiger partial charge < -0.3 is 10.2 Å². The van der Waals surface area contributed by atoms with Gasteiger partial charge in [-0.15, -0.1) is 0 Å². The molecule has 7 heteroatoms. The van der Waals surface area contributed by atoms with E-state index in [0.29, 0.717) is 18.7 Å². The Morgan fingerprint density at radius 1 is 1.26 bits per heavy atom. The van der Waals surface area contributed by atoms with Crippen LogP contribution in [0, 0.1) is 0 Å². The standard InChI is InChI=1S/C16H27F3N2OSi/c1-12(2)23(4,5)22-9-8-21(3)11-13-6-7-14(20)10-15(13)16(17,18)19/h6-7,10,12H,8-9,11,20H2,1-5H3. The average molecular weight is 348 g/mol. The predicted octanol–water partition coefficient (Wildman–Crippen LogP) is 4.35. The fourth-order valence-electron chi connectivity index (χ4n) is 2.00. The largest absolute Gasteiger partial charge is 0.416 e. The number of rotatable bonds is 7. The van der Waals surface area contributed by atoms with Crippen LogP contribution in [-0.4, -0.2) is 33.4 Å². The van der Waals surface area contributed by atoms with E-state index in [4.69, 9.17) is 10.2 Å². The molecular weight excluding hydrogens is 321 g/mol. The predicted molar refractivity (Wildman–Crippen MR) is 90.7 cm³/mol. The van der Waals surface area contributed by atoms with Crippen LogP contribution in [0.1, 0.15) is 25.0 Å². The quantitative estimate of drug-likeness (QED) is 0.588. The molecule has 0 aromatic heterocycles. The van der Waals surface area contributed by atoms with Gasteiger partial charge in [0.15, 0.2) is 8.32 Å². The molecule has 132 valence electrons. The third-order valence-corrected chi connectivity index (χ3v) is 7.95. The Balaban J connectivity index is 2.67. The maximum absolute atomic E-state index is 13.1. The highest BCUT2D eigenvalue weighted by molar-refractivity contribution is 6.72. The van der Waals surface area contributed by atoms with Crippen LogP contribution in [0.5, 0.6) is 0 Å². The Morgan fingerprint density at radius 3 is 2.39 bits per heavy atom. The van der Waals surface area contributed by atoms with Crippen LogP contribution >= 0.6 is 0 Å². The monoisotopic (exact) mass is 348 g/mol. The lowest BCUT2D eigenvalue weighted by Gasteiger charge is -2.28. The summed E-state index contributed by atoms with van der Waals surface area (Å²) in [7, 11) is 0.0844. The third-order valence-electron chi connectivity index (χ3n) is 4.22. The van der Waals surface area contributed by atoms with E-state index in [2.05, 4.69) is 26.9 Å². The van der Waals surface area contributed by atoms with E-state index in [1.807, 2.05) is 4.90 Å². The summed E-state index contributed by atoms with van der Waals surface area (Å²) in [5, 5.41) is 0. The van der Waals surface area contributed by atoms with Crippen molar-refractivity contribution in [2.75, 3.05) is 25.9 Å². The number of hydrogen-bond donors (Lipinski definition) is 1. The first-order valence-electron chi connectivity index (χ1n) is 7.71. The average Bonchev–Trinajstić information content (AvgIpc) is 2.39. The van der Waals surface area contributed by atoms with Crippen LogP contribution < -0.4 is 5.73 Å². The zero-order valence-electron chi connectivity index (χ0n) is 14.5. The lowest BCUT2D eigenvalue weighted by Crippen LogP contribution is -2.37. The number of alkyl halides is 3. The molecule has 1 rings (SSSR count). The number of anilines is 1. The molecule has 0 radical (unpaired) electrons. The first kappa shape index (κ1) is 20.0. The van der Waals surface area contributed by atoms with E-state index >= 15 is 0 Å². The Morgan fingerprint density at radius 2 is 1.87 bits per heavy atom. The van der Waals surface area contributed by atoms with Gasteiger partial charge in [-0.2, -0.15) is 13.2 Å². The van der Waals surface area contributed by atoms with Crippen LogP contribution in [0.15, 0.2) is 18.2 Å². The molecule has 0 saturated heterocycles. The molecule has 0 bridgehead atoms. The SMILES string of the molecule is CC(C)[Si](C)(C)OCCN(C)Cc1ccc(N)cc1C(F)(F)F. The van der Waals surface area contributed by atoms with Crippen LogP contribution in [0.4, 0.5) is 18.9 Å². The molecule has 0 spiro atoms. The number of likely N-dealkylation sites (N-methyl/N-ethyl adjacent to an activating group) is 1. The zero-order chi connectivity index (χ0) is 17.8. The van der Waals surface area contributed by atoms with Crippen molar-refractivity contribution in [3.05, 3.63) is 29.3 Å². The van der Waals surface area contributed by atoms with E-state index < -0.39 is 20.1 Å². The number of nitrogen functional groups attached to an aromatic ring is 1. The lowest BCUT2D eigenvalue weighted by atomic mass is 10.1. The second-order valence-electron chi connectivity index (χ2n) is 6.76. The third kappa shape index (κ3) is 6.16. The fourth-order valence-corrected chi connectivity index (χ4v) is 2.95. The van der Waals surface area contributed by atoms with E-state index in [1.54, 1.807) is 7.05 Å². The van der Waals surface area contributed by atoms with Crippen molar-refractivity contribution >= 4 is 14.0 Å². The first-order chi connectivity index (χ1) is 10.4. The number of nitrogens with zero attached hydrogens (tertiary/aromatic N) is 1. The van der Waals surface area contributed by atoms with Gasteiger partial charge in [0, 0.05) is 25.4 Å². The number of nitrogens with two attached hydrogens (primary N) is 1. The van der Waals surface area contributed by atoms with Crippen molar-refractivity contribution in [1.29, 1.82) is 0 Å². The van der Waals surface area contributed by atoms with E-state index in [1.165, 1.54) is 12.1 Å². The van der Waals surface area contributed by atoms with Gasteiger partial charge in [0.1, 0.15) is 0 Å². The molecule has 0 aliphatic carbocycles. The maximum Gasteiger partial charge on any atom is 0.416 e. The lowest BCUT2D eigenvalue weighted by molar-refractivity contribution is -0.138. The van der Waals surface area contributed by atoms with Gasteiger partial charge in [0.25, 0.3) is 0 Å². The zero-order valence-corrected chi connectivity index (χ0v) is 15.5. The van der Waals surface area contributed by atoms with Crippen molar-refractivity contribution in [3.63, 3.8) is 0 Å². The molecule has 0 atom stereocenters. The van der Waals surface area contributed by atoms with Gasteiger partial charge >= 0.3 is 6.18 Å². The van der Waals surface area contributed by atoms with Crippen molar-refractivity contribution < 1.29 is 17.6 Å². The molecule has 0 unspecified atom stereocenters. The summed E-state index contributed by atoms with van der Waals surface area (Å²) in [6.07, 6.45) is -4.39. The second-order valence-corrected chi connectivity index (χ2v) is 11.4. The highest BCUT2D eigenvalue weighted by Crippen LogP contribution is 2.33. The van der Waals surface area contributed by atoms with E-state index in [9.17, 15) is 13.2 Å². The molecule has 0 aliphatic heterocycles. The van der Waals surface area contributed by atoms with Gasteiger partial charge in [-0.1, -0.05) is 19.9 Å². The molecule has 23 heavy (non-hydrogen) atoms. The van der Waals surface area contributed by atoms with Crippen LogP contribution in [0.25, 0.3) is 0 Å². The van der Waals surface area contributed by atoms with Gasteiger partial charge in [-0.25, -0.2) is 0 Å². The molecule has 0 fully saturated rings. The number of benzene rings is 1. The Kier molecular flexibility index (Phi) is 6.67. The van der Waals surface area contributed by atoms with Crippen LogP contribution in [0.2, 0.25) is 18.6 Å². The molecule has 1 aromatic rings. The van der Waals surface area contributed by atoms with Crippen molar-refractivity contribution in [2.45, 2.75) is 45.2 Å². The summed E-state index contributed by atoms with van der Waals surface area (Å²) in [6, 6.07) is 3.94. The Labute approximate surface area is 137 Å². The molecule has 0 amide bonds. The first-order valence-corrected chi connectivity index (χ1v) is 10.7. The van der Waals surface area contributed by atoms with Crippen molar-refractivity contribution in [2.24, 2.45) is 0 Å². The maximum atomic E-state index is 13.1. The van der Waals surface area contributed by atoms with E-state index in [-0.39, 0.29) is 17.8 Å². The second kappa shape index (κ2) is 7.68. The fraction of sp³-hybridized carbons (Fsp3) is 0.625. The van der Waals surface area contributed by atoms with Gasteiger partial charge in [-0.3, -0.25) is 4.90 Å².